The molecule has 0 N–H and O–H groups in total. The van der Waals surface area contributed by atoms with Crippen molar-refractivity contribution in [3.8, 4) is 0 Å². The fraction of sp³-hybridized carbons (Fsp3) is 0.0714. The summed E-state index contributed by atoms with van der Waals surface area (Å²) in [6.45, 7) is 0. The standard InChI is InChI=1S/C14H7BrClF3O/c15-9-3-2-8(14(19)13(9)16)12(20)6-7-1-4-10(17)11(18)5-7/h1-5H,6H2. The maximum atomic E-state index is 13.8. The van der Waals surface area contributed by atoms with Crippen molar-refractivity contribution in [1.82, 2.24) is 0 Å². The lowest BCUT2D eigenvalue weighted by Crippen LogP contribution is -2.07. The van der Waals surface area contributed by atoms with Gasteiger partial charge in [0.05, 0.1) is 10.6 Å². The van der Waals surface area contributed by atoms with Gasteiger partial charge in [-0.05, 0) is 45.8 Å². The number of hydrogen-bond acceptors (Lipinski definition) is 1. The van der Waals surface area contributed by atoms with E-state index in [4.69, 9.17) is 11.6 Å². The number of ketones is 1. The molecule has 0 atom stereocenters. The van der Waals surface area contributed by atoms with Gasteiger partial charge in [-0.2, -0.15) is 0 Å². The lowest BCUT2D eigenvalue weighted by molar-refractivity contribution is 0.0989. The number of benzene rings is 2. The minimum absolute atomic E-state index is 0.192. The molecule has 0 saturated heterocycles. The number of carbonyl (C=O) groups is 1. The summed E-state index contributed by atoms with van der Waals surface area (Å²) in [5.74, 6) is -3.46. The molecule has 0 aliphatic rings. The highest BCUT2D eigenvalue weighted by atomic mass is 79.9. The molecule has 0 fully saturated rings. The minimum atomic E-state index is -1.05. The van der Waals surface area contributed by atoms with Gasteiger partial charge in [0.1, 0.15) is 0 Å². The summed E-state index contributed by atoms with van der Waals surface area (Å²) < 4.78 is 40.0. The molecule has 0 bridgehead atoms. The second-order valence-electron chi connectivity index (χ2n) is 4.07. The first-order chi connectivity index (χ1) is 9.40. The van der Waals surface area contributed by atoms with Gasteiger partial charge < -0.3 is 0 Å². The Morgan fingerprint density at radius 2 is 1.80 bits per heavy atom. The molecule has 0 unspecified atom stereocenters. The van der Waals surface area contributed by atoms with Crippen LogP contribution in [0.5, 0.6) is 0 Å². The topological polar surface area (TPSA) is 17.1 Å². The van der Waals surface area contributed by atoms with Crippen molar-refractivity contribution < 1.29 is 18.0 Å². The normalized spacial score (nSPS) is 10.7. The summed E-state index contributed by atoms with van der Waals surface area (Å²) in [6.07, 6.45) is -0.244. The van der Waals surface area contributed by atoms with Crippen molar-refractivity contribution in [2.45, 2.75) is 6.42 Å². The molecule has 0 aliphatic heterocycles. The Balaban J connectivity index is 2.28. The van der Waals surface area contributed by atoms with E-state index in [9.17, 15) is 18.0 Å². The second-order valence-corrected chi connectivity index (χ2v) is 5.30. The predicted octanol–water partition coefficient (Wildman–Crippen LogP) is 4.95. The third-order valence-corrected chi connectivity index (χ3v) is 3.94. The Bertz CT molecular complexity index is 688. The first-order valence-electron chi connectivity index (χ1n) is 5.50. The molecule has 0 spiro atoms. The fourth-order valence-corrected chi connectivity index (χ4v) is 2.14. The third kappa shape index (κ3) is 3.04. The molecule has 2 aromatic rings. The van der Waals surface area contributed by atoms with Crippen LogP contribution in [0.3, 0.4) is 0 Å². The zero-order valence-electron chi connectivity index (χ0n) is 9.89. The van der Waals surface area contributed by atoms with Gasteiger partial charge >= 0.3 is 0 Å². The molecule has 0 amide bonds. The van der Waals surface area contributed by atoms with Crippen LogP contribution in [-0.4, -0.2) is 5.78 Å². The summed E-state index contributed by atoms with van der Waals surface area (Å²) in [4.78, 5) is 12.0. The molecule has 0 saturated carbocycles. The minimum Gasteiger partial charge on any atom is -0.294 e. The number of rotatable bonds is 3. The Hall–Kier alpha value is -1.33. The van der Waals surface area contributed by atoms with E-state index in [1.807, 2.05) is 0 Å². The number of carbonyl (C=O) groups excluding carboxylic acids is 1. The molecular weight excluding hydrogens is 357 g/mol. The largest absolute Gasteiger partial charge is 0.294 e. The van der Waals surface area contributed by atoms with Gasteiger partial charge in [-0.3, -0.25) is 4.79 Å². The Kier molecular flexibility index (Phi) is 4.50. The van der Waals surface area contributed by atoms with E-state index in [1.54, 1.807) is 0 Å². The molecule has 0 heterocycles. The molecular formula is C14H7BrClF3O. The summed E-state index contributed by atoms with van der Waals surface area (Å²) in [5, 5.41) is -0.193. The van der Waals surface area contributed by atoms with Crippen LogP contribution in [0.2, 0.25) is 5.02 Å². The van der Waals surface area contributed by atoms with Gasteiger partial charge in [0, 0.05) is 10.9 Å². The van der Waals surface area contributed by atoms with Gasteiger partial charge in [0.2, 0.25) is 0 Å². The zero-order chi connectivity index (χ0) is 14.9. The summed E-state index contributed by atoms with van der Waals surface area (Å²) in [6, 6.07) is 5.83. The number of halogens is 5. The summed E-state index contributed by atoms with van der Waals surface area (Å²) in [7, 11) is 0. The molecule has 0 aliphatic carbocycles. The number of Topliss-reactive ketones (excluding diaryl/α,β-unsaturated/α-hetero) is 1. The van der Waals surface area contributed by atoms with Gasteiger partial charge in [0.15, 0.2) is 23.2 Å². The highest BCUT2D eigenvalue weighted by Crippen LogP contribution is 2.28. The Labute approximate surface area is 126 Å². The number of hydrogen-bond donors (Lipinski definition) is 0. The second kappa shape index (κ2) is 5.97. The third-order valence-electron chi connectivity index (χ3n) is 2.68. The molecule has 0 radical (unpaired) electrons. The quantitative estimate of drug-likeness (QED) is 0.557. The van der Waals surface area contributed by atoms with Crippen molar-refractivity contribution >= 4 is 33.3 Å². The highest BCUT2D eigenvalue weighted by molar-refractivity contribution is 9.10. The van der Waals surface area contributed by atoms with Gasteiger partial charge in [-0.1, -0.05) is 17.7 Å². The maximum absolute atomic E-state index is 13.8. The van der Waals surface area contributed by atoms with Gasteiger partial charge in [-0.15, -0.1) is 0 Å². The Morgan fingerprint density at radius 1 is 1.10 bits per heavy atom. The SMILES string of the molecule is O=C(Cc1ccc(F)c(F)c1)c1ccc(Br)c(Cl)c1F. The molecule has 6 heteroatoms. The maximum Gasteiger partial charge on any atom is 0.170 e. The predicted molar refractivity (Wildman–Crippen MR) is 73.5 cm³/mol. The summed E-state index contributed by atoms with van der Waals surface area (Å²) in [5.41, 5.74) is 0.0651. The molecule has 104 valence electrons. The fourth-order valence-electron chi connectivity index (χ4n) is 1.67. The zero-order valence-corrected chi connectivity index (χ0v) is 12.2. The summed E-state index contributed by atoms with van der Waals surface area (Å²) >= 11 is 8.73. The van der Waals surface area contributed by atoms with Gasteiger partial charge in [-0.25, -0.2) is 13.2 Å². The monoisotopic (exact) mass is 362 g/mol. The first kappa shape index (κ1) is 15.1. The van der Waals surface area contributed by atoms with Crippen molar-refractivity contribution in [3.63, 3.8) is 0 Å². The van der Waals surface area contributed by atoms with Crippen LogP contribution in [0.15, 0.2) is 34.8 Å². The van der Waals surface area contributed by atoms with Crippen LogP contribution < -0.4 is 0 Å². The lowest BCUT2D eigenvalue weighted by Gasteiger charge is -2.06. The molecule has 2 aromatic carbocycles. The Morgan fingerprint density at radius 3 is 2.45 bits per heavy atom. The van der Waals surface area contributed by atoms with Crippen LogP contribution in [0.25, 0.3) is 0 Å². The molecule has 20 heavy (non-hydrogen) atoms. The first-order valence-corrected chi connectivity index (χ1v) is 6.68. The van der Waals surface area contributed by atoms with Crippen molar-refractivity contribution in [3.05, 3.63) is 68.4 Å². The van der Waals surface area contributed by atoms with Crippen LogP contribution in [-0.2, 0) is 6.42 Å². The van der Waals surface area contributed by atoms with E-state index in [0.717, 1.165) is 12.1 Å². The average Bonchev–Trinajstić information content (AvgIpc) is 2.40. The van der Waals surface area contributed by atoms with Crippen LogP contribution >= 0.6 is 27.5 Å². The average molecular weight is 364 g/mol. The highest BCUT2D eigenvalue weighted by Gasteiger charge is 2.17. The van der Waals surface area contributed by atoms with Crippen molar-refractivity contribution in [2.75, 3.05) is 0 Å². The van der Waals surface area contributed by atoms with Crippen molar-refractivity contribution in [1.29, 1.82) is 0 Å². The lowest BCUT2D eigenvalue weighted by atomic mass is 10.0. The van der Waals surface area contributed by atoms with E-state index in [1.165, 1.54) is 18.2 Å². The molecule has 2 rings (SSSR count). The van der Waals surface area contributed by atoms with E-state index in [0.29, 0.717) is 4.47 Å². The van der Waals surface area contributed by atoms with Crippen LogP contribution in [0.1, 0.15) is 15.9 Å². The molecule has 1 nitrogen and oxygen atoms in total. The van der Waals surface area contributed by atoms with Crippen LogP contribution in [0, 0.1) is 17.5 Å². The smallest absolute Gasteiger partial charge is 0.170 e. The van der Waals surface area contributed by atoms with E-state index < -0.39 is 23.2 Å². The van der Waals surface area contributed by atoms with E-state index in [2.05, 4.69) is 15.9 Å². The van der Waals surface area contributed by atoms with Gasteiger partial charge in [0.25, 0.3) is 0 Å². The molecule has 0 aromatic heterocycles. The van der Waals surface area contributed by atoms with E-state index in [-0.39, 0.29) is 22.6 Å². The van der Waals surface area contributed by atoms with Crippen LogP contribution in [0.4, 0.5) is 13.2 Å². The van der Waals surface area contributed by atoms with Crippen molar-refractivity contribution in [2.24, 2.45) is 0 Å². The van der Waals surface area contributed by atoms with E-state index >= 15 is 0 Å².